The zero-order chi connectivity index (χ0) is 24.8. The van der Waals surface area contributed by atoms with E-state index in [0.717, 1.165) is 16.0 Å². The first-order chi connectivity index (χ1) is 16.9. The van der Waals surface area contributed by atoms with E-state index >= 15 is 0 Å². The maximum absolute atomic E-state index is 13.1. The van der Waals surface area contributed by atoms with Gasteiger partial charge in [-0.1, -0.05) is 72.8 Å². The van der Waals surface area contributed by atoms with Crippen molar-refractivity contribution in [2.75, 3.05) is 13.1 Å². The molecule has 1 aliphatic rings. The van der Waals surface area contributed by atoms with Gasteiger partial charge >= 0.3 is 6.03 Å². The van der Waals surface area contributed by atoms with Crippen molar-refractivity contribution in [2.45, 2.75) is 24.8 Å². The number of carbonyl (C=O) groups is 3. The molecule has 0 bridgehead atoms. The predicted molar refractivity (Wildman–Crippen MR) is 131 cm³/mol. The number of hydrogen-bond acceptors (Lipinski definition) is 4. The van der Waals surface area contributed by atoms with Crippen LogP contribution in [0.3, 0.4) is 0 Å². The fraction of sp³-hybridized carbons (Fsp3) is 0.214. The van der Waals surface area contributed by atoms with E-state index in [1.54, 1.807) is 31.2 Å². The van der Waals surface area contributed by atoms with Crippen molar-refractivity contribution in [1.29, 1.82) is 5.26 Å². The minimum atomic E-state index is -1.34. The van der Waals surface area contributed by atoms with E-state index in [9.17, 15) is 14.4 Å². The number of urea groups is 1. The van der Waals surface area contributed by atoms with Gasteiger partial charge in [0.25, 0.3) is 5.91 Å². The van der Waals surface area contributed by atoms with Crippen LogP contribution < -0.4 is 10.6 Å². The van der Waals surface area contributed by atoms with Crippen molar-refractivity contribution in [1.82, 2.24) is 15.5 Å². The SMILES string of the molecule is CC1(c2cccc(C#N)c2)NC(=O)N(CC(=O)NCCC(c2ccccc2)c2ccccc2)C1=O. The molecule has 0 aromatic heterocycles. The van der Waals surface area contributed by atoms with Gasteiger partial charge in [0, 0.05) is 12.5 Å². The van der Waals surface area contributed by atoms with Crippen LogP contribution in [-0.2, 0) is 15.1 Å². The largest absolute Gasteiger partial charge is 0.355 e. The Labute approximate surface area is 204 Å². The second-order valence-electron chi connectivity index (χ2n) is 8.65. The topological polar surface area (TPSA) is 102 Å². The van der Waals surface area contributed by atoms with E-state index in [-0.39, 0.29) is 12.5 Å². The van der Waals surface area contributed by atoms with Gasteiger partial charge in [-0.2, -0.15) is 5.26 Å². The molecule has 0 aliphatic carbocycles. The van der Waals surface area contributed by atoms with E-state index in [1.165, 1.54) is 0 Å². The molecule has 7 nitrogen and oxygen atoms in total. The van der Waals surface area contributed by atoms with Gasteiger partial charge in [-0.15, -0.1) is 0 Å². The first-order valence-electron chi connectivity index (χ1n) is 11.4. The minimum Gasteiger partial charge on any atom is -0.355 e. The molecular weight excluding hydrogens is 440 g/mol. The Morgan fingerprint density at radius 1 is 1.00 bits per heavy atom. The summed E-state index contributed by atoms with van der Waals surface area (Å²) in [6.45, 7) is 1.59. The summed E-state index contributed by atoms with van der Waals surface area (Å²) in [5, 5.41) is 14.7. The van der Waals surface area contributed by atoms with Crippen LogP contribution in [-0.4, -0.2) is 35.8 Å². The maximum Gasteiger partial charge on any atom is 0.325 e. The Morgan fingerprint density at radius 3 is 2.23 bits per heavy atom. The van der Waals surface area contributed by atoms with Gasteiger partial charge in [-0.25, -0.2) is 4.79 Å². The van der Waals surface area contributed by atoms with E-state index in [1.807, 2.05) is 42.5 Å². The van der Waals surface area contributed by atoms with E-state index in [0.29, 0.717) is 24.1 Å². The number of imide groups is 1. The first-order valence-corrected chi connectivity index (χ1v) is 11.4. The quantitative estimate of drug-likeness (QED) is 0.495. The van der Waals surface area contributed by atoms with Gasteiger partial charge in [-0.3, -0.25) is 14.5 Å². The second-order valence-corrected chi connectivity index (χ2v) is 8.65. The van der Waals surface area contributed by atoms with Crippen molar-refractivity contribution >= 4 is 17.8 Å². The Bertz CT molecular complexity index is 1230. The van der Waals surface area contributed by atoms with Crippen LogP contribution in [0.2, 0.25) is 0 Å². The van der Waals surface area contributed by atoms with Crippen molar-refractivity contribution in [3.63, 3.8) is 0 Å². The lowest BCUT2D eigenvalue weighted by molar-refractivity contribution is -0.134. The number of nitrogens with one attached hydrogen (secondary N) is 2. The molecule has 0 radical (unpaired) electrons. The zero-order valence-electron chi connectivity index (χ0n) is 19.4. The van der Waals surface area contributed by atoms with Crippen molar-refractivity contribution in [3.8, 4) is 6.07 Å². The molecule has 4 amide bonds. The van der Waals surface area contributed by atoms with E-state index < -0.39 is 23.4 Å². The molecule has 3 aromatic carbocycles. The number of carbonyl (C=O) groups excluding carboxylic acids is 3. The molecular formula is C28H26N4O3. The molecule has 176 valence electrons. The lowest BCUT2D eigenvalue weighted by Crippen LogP contribution is -2.43. The molecule has 1 aliphatic heterocycles. The third-order valence-corrected chi connectivity index (χ3v) is 6.30. The summed E-state index contributed by atoms with van der Waals surface area (Å²) in [5.41, 5.74) is 1.84. The summed E-state index contributed by atoms with van der Waals surface area (Å²) in [4.78, 5) is 39.3. The third-order valence-electron chi connectivity index (χ3n) is 6.30. The molecule has 2 N–H and O–H groups in total. The summed E-state index contributed by atoms with van der Waals surface area (Å²) in [6.07, 6.45) is 0.665. The number of rotatable bonds is 8. The molecule has 1 unspecified atom stereocenters. The Balaban J connectivity index is 1.39. The molecule has 1 saturated heterocycles. The molecule has 35 heavy (non-hydrogen) atoms. The van der Waals surface area contributed by atoms with E-state index in [4.69, 9.17) is 5.26 Å². The van der Waals surface area contributed by atoms with Crippen LogP contribution in [0.1, 0.15) is 41.5 Å². The smallest absolute Gasteiger partial charge is 0.325 e. The lowest BCUT2D eigenvalue weighted by Gasteiger charge is -2.22. The van der Waals surface area contributed by atoms with E-state index in [2.05, 4.69) is 34.9 Å². The van der Waals surface area contributed by atoms with Gasteiger partial charge in [0.1, 0.15) is 12.1 Å². The number of nitrogens with zero attached hydrogens (tertiary/aromatic N) is 2. The fourth-order valence-electron chi connectivity index (χ4n) is 4.39. The Hall–Kier alpha value is -4.44. The molecule has 7 heteroatoms. The van der Waals surface area contributed by atoms with Crippen molar-refractivity contribution in [3.05, 3.63) is 107 Å². The molecule has 1 atom stereocenters. The second kappa shape index (κ2) is 10.2. The average Bonchev–Trinajstić information content (AvgIpc) is 3.11. The highest BCUT2D eigenvalue weighted by atomic mass is 16.2. The summed E-state index contributed by atoms with van der Waals surface area (Å²) in [5.74, 6) is -0.840. The molecule has 0 spiro atoms. The Morgan fingerprint density at radius 2 is 1.63 bits per heavy atom. The van der Waals surface area contributed by atoms with Gasteiger partial charge < -0.3 is 10.6 Å². The van der Waals surface area contributed by atoms with Crippen LogP contribution >= 0.6 is 0 Å². The summed E-state index contributed by atoms with van der Waals surface area (Å²) >= 11 is 0. The van der Waals surface area contributed by atoms with Crippen molar-refractivity contribution in [2.24, 2.45) is 0 Å². The minimum absolute atomic E-state index is 0.102. The number of amides is 4. The molecule has 0 saturated carbocycles. The summed E-state index contributed by atoms with van der Waals surface area (Å²) < 4.78 is 0. The maximum atomic E-state index is 13.1. The lowest BCUT2D eigenvalue weighted by atomic mass is 9.88. The highest BCUT2D eigenvalue weighted by Crippen LogP contribution is 2.30. The zero-order valence-corrected chi connectivity index (χ0v) is 19.4. The van der Waals surface area contributed by atoms with Crippen LogP contribution in [0, 0.1) is 11.3 Å². The predicted octanol–water partition coefficient (Wildman–Crippen LogP) is 3.66. The molecule has 3 aromatic rings. The third kappa shape index (κ3) is 5.07. The summed E-state index contributed by atoms with van der Waals surface area (Å²) in [6, 6.07) is 28.1. The van der Waals surface area contributed by atoms with Gasteiger partial charge in [-0.05, 0) is 42.2 Å². The Kier molecular flexibility index (Phi) is 6.93. The average molecular weight is 467 g/mol. The molecule has 4 rings (SSSR count). The number of hydrogen-bond donors (Lipinski definition) is 2. The molecule has 1 fully saturated rings. The highest BCUT2D eigenvalue weighted by Gasteiger charge is 2.49. The standard InChI is InChI=1S/C28H26N4O3/c1-28(23-14-8-9-20(17-23)18-29)26(34)32(27(35)31-28)19-25(33)30-16-15-24(21-10-4-2-5-11-21)22-12-6-3-7-13-22/h2-14,17,24H,15-16,19H2,1H3,(H,30,33)(H,31,35). The van der Waals surface area contributed by atoms with Gasteiger partial charge in [0.05, 0.1) is 11.6 Å². The van der Waals surface area contributed by atoms with Crippen LogP contribution in [0.4, 0.5) is 4.79 Å². The monoisotopic (exact) mass is 466 g/mol. The normalized spacial score (nSPS) is 17.2. The van der Waals surface area contributed by atoms with Crippen LogP contribution in [0.25, 0.3) is 0 Å². The van der Waals surface area contributed by atoms with Crippen LogP contribution in [0.15, 0.2) is 84.9 Å². The van der Waals surface area contributed by atoms with Gasteiger partial charge in [0.2, 0.25) is 5.91 Å². The fourth-order valence-corrected chi connectivity index (χ4v) is 4.39. The molecule has 1 heterocycles. The number of nitriles is 1. The van der Waals surface area contributed by atoms with Crippen molar-refractivity contribution < 1.29 is 14.4 Å². The summed E-state index contributed by atoms with van der Waals surface area (Å²) in [7, 11) is 0. The van der Waals surface area contributed by atoms with Gasteiger partial charge in [0.15, 0.2) is 0 Å². The first kappa shape index (κ1) is 23.7. The number of benzene rings is 3. The van der Waals surface area contributed by atoms with Crippen LogP contribution in [0.5, 0.6) is 0 Å². The highest BCUT2D eigenvalue weighted by molar-refractivity contribution is 6.09.